The molecule has 2 aliphatic heterocycles. The molecule has 0 spiro atoms. The maximum absolute atomic E-state index is 13.4. The molecule has 2 fully saturated rings. The maximum Gasteiger partial charge on any atom is 0.425 e. The summed E-state index contributed by atoms with van der Waals surface area (Å²) >= 11 is 0. The predicted molar refractivity (Wildman–Crippen MR) is 146 cm³/mol. The number of carbonyl (C=O) groups is 1. The summed E-state index contributed by atoms with van der Waals surface area (Å²) in [4.78, 5) is 32.0. The largest absolute Gasteiger partial charge is 0.489 e. The Morgan fingerprint density at radius 2 is 1.88 bits per heavy atom. The number of nitrogens with one attached hydrogen (secondary N) is 1. The third-order valence-electron chi connectivity index (χ3n) is 7.75. The third-order valence-corrected chi connectivity index (χ3v) is 7.75. The summed E-state index contributed by atoms with van der Waals surface area (Å²) in [5.74, 6) is -0.928. The number of H-pyrrole nitrogens is 1. The number of aliphatic hydroxyl groups is 2. The molecule has 40 heavy (non-hydrogen) atoms. The predicted octanol–water partition coefficient (Wildman–Crippen LogP) is -5.23. The summed E-state index contributed by atoms with van der Waals surface area (Å²) in [6.07, 6.45) is -3.04. The van der Waals surface area contributed by atoms with Gasteiger partial charge in [-0.2, -0.15) is 23.5 Å². The van der Waals surface area contributed by atoms with Crippen molar-refractivity contribution in [2.45, 2.75) is 34.5 Å². The van der Waals surface area contributed by atoms with E-state index in [1.54, 1.807) is 45.7 Å². The van der Waals surface area contributed by atoms with Gasteiger partial charge in [-0.1, -0.05) is 0 Å². The summed E-state index contributed by atoms with van der Waals surface area (Å²) in [5, 5.41) is 35.0. The normalized spacial score (nSPS) is 26.8. The second-order valence-corrected chi connectivity index (χ2v) is 10.6. The summed E-state index contributed by atoms with van der Waals surface area (Å²) in [6, 6.07) is 5.09. The highest BCUT2D eigenvalue weighted by atomic mass is 19.4. The number of fused-ring (bicyclic) bond motifs is 1. The number of nitriles is 1. The van der Waals surface area contributed by atoms with Crippen LogP contribution in [0.15, 0.2) is 29.3 Å². The molecule has 12 nitrogen and oxygen atoms in total. The highest BCUT2D eigenvalue weighted by Crippen LogP contribution is 2.55. The van der Waals surface area contributed by atoms with Crippen LogP contribution in [0.25, 0.3) is 0 Å². The smallest absolute Gasteiger partial charge is 0.425 e. The molecule has 4 rings (SSSR count). The summed E-state index contributed by atoms with van der Waals surface area (Å²) in [6.45, 7) is -0.691. The number of nitrogens with zero attached hydrogens (tertiary/aromatic N) is 5. The third kappa shape index (κ3) is 4.65. The van der Waals surface area contributed by atoms with Crippen molar-refractivity contribution in [2.75, 3.05) is 24.7 Å². The van der Waals surface area contributed by atoms with Crippen LogP contribution < -0.4 is 15.2 Å². The van der Waals surface area contributed by atoms with Crippen LogP contribution in [0.4, 0.5) is 19.0 Å². The number of hydrogen-bond acceptors (Lipinski definition) is 10. The van der Waals surface area contributed by atoms with Gasteiger partial charge in [0.05, 0.1) is 31.4 Å². The van der Waals surface area contributed by atoms with E-state index in [-0.39, 0.29) is 33.5 Å². The molecule has 3 unspecified atom stereocenters. The van der Waals surface area contributed by atoms with E-state index in [0.29, 0.717) is 11.4 Å². The van der Waals surface area contributed by atoms with Crippen LogP contribution in [0, 0.1) is 11.3 Å². The summed E-state index contributed by atoms with van der Waals surface area (Å²) in [7, 11) is 6.56. The van der Waals surface area contributed by atoms with Gasteiger partial charge in [-0.15, -0.1) is 0 Å². The molecule has 4 heterocycles. The first-order chi connectivity index (χ1) is 18.5. The molecule has 0 saturated carbocycles. The average Bonchev–Trinajstić information content (AvgIpc) is 3.41. The van der Waals surface area contributed by atoms with Crippen molar-refractivity contribution in [1.82, 2.24) is 20.1 Å². The maximum atomic E-state index is 13.4. The Morgan fingerprint density at radius 3 is 2.48 bits per heavy atom. The van der Waals surface area contributed by atoms with E-state index in [4.69, 9.17) is 14.7 Å². The first kappa shape index (κ1) is 29.6. The van der Waals surface area contributed by atoms with Gasteiger partial charge in [0, 0.05) is 16.9 Å². The number of halogens is 3. The molecule has 2 aromatic rings. The molecule has 3 atom stereocenters. The minimum absolute atomic E-state index is 0.119. The van der Waals surface area contributed by atoms with Gasteiger partial charge in [-0.25, -0.2) is 10.1 Å². The Morgan fingerprint density at radius 1 is 1.18 bits per heavy atom. The summed E-state index contributed by atoms with van der Waals surface area (Å²) < 4.78 is 49.7. The molecule has 206 valence electrons. The second-order valence-electron chi connectivity index (χ2n) is 10.6. The molecule has 0 aliphatic carbocycles. The number of aromatic nitrogens is 3. The standard InChI is InChI=1S/C20H24B5F3N6O6/c21-17(22)19(24,37)33(12-2-1-10(7-29)8-30-12)18(23)20(38,25-18)34(17)13(35)3-4-39-5-6-40-11-9-31-32-15(36)14(11)16(26,27)28/h1-2,8-9,25,37-38H,3-6,21-24H2,(H,32,36). The van der Waals surface area contributed by atoms with Crippen LogP contribution in [-0.2, 0) is 15.7 Å². The Balaban J connectivity index is 1.40. The van der Waals surface area contributed by atoms with E-state index in [1.165, 1.54) is 18.9 Å². The molecule has 0 radical (unpaired) electrons. The second kappa shape index (κ2) is 9.90. The summed E-state index contributed by atoms with van der Waals surface area (Å²) in [5.41, 5.74) is -5.96. The molecule has 0 aromatic carbocycles. The van der Waals surface area contributed by atoms with E-state index < -0.39 is 50.9 Å². The molecule has 0 bridgehead atoms. The number of anilines is 1. The van der Waals surface area contributed by atoms with Crippen molar-refractivity contribution in [3.8, 4) is 11.8 Å². The number of amides is 1. The van der Waals surface area contributed by atoms with Crippen LogP contribution in [0.3, 0.4) is 0 Å². The van der Waals surface area contributed by atoms with Crippen LogP contribution in [-0.4, -0.2) is 117 Å². The van der Waals surface area contributed by atoms with Gasteiger partial charge in [0.1, 0.15) is 53.3 Å². The molecule has 2 saturated heterocycles. The highest BCUT2D eigenvalue weighted by Gasteiger charge is 2.81. The Bertz CT molecular complexity index is 1410. The highest BCUT2D eigenvalue weighted by molar-refractivity contribution is 6.74. The van der Waals surface area contributed by atoms with Crippen LogP contribution >= 0.6 is 0 Å². The van der Waals surface area contributed by atoms with Gasteiger partial charge < -0.3 is 29.5 Å². The van der Waals surface area contributed by atoms with Gasteiger partial charge in [0.2, 0.25) is 13.2 Å². The van der Waals surface area contributed by atoms with Crippen molar-refractivity contribution in [3.05, 3.63) is 46.0 Å². The van der Waals surface area contributed by atoms with Crippen LogP contribution in [0.1, 0.15) is 17.5 Å². The van der Waals surface area contributed by atoms with E-state index >= 15 is 0 Å². The van der Waals surface area contributed by atoms with Gasteiger partial charge in [-0.3, -0.25) is 9.59 Å². The number of aromatic amines is 1. The molecule has 1 amide bonds. The van der Waals surface area contributed by atoms with Crippen molar-refractivity contribution >= 4 is 50.4 Å². The lowest BCUT2D eigenvalue weighted by molar-refractivity contribution is -0.162. The zero-order valence-electron chi connectivity index (χ0n) is 22.2. The number of ether oxygens (including phenoxy) is 2. The van der Waals surface area contributed by atoms with E-state index in [1.807, 2.05) is 6.07 Å². The molecular weight excluding hydrogens is 531 g/mol. The number of carbonyl (C=O) groups excluding carboxylic acids is 1. The van der Waals surface area contributed by atoms with Crippen molar-refractivity contribution in [1.29, 1.82) is 5.26 Å². The number of pyridine rings is 1. The number of hydrogen-bond donors (Lipinski definition) is 3. The average molecular weight is 556 g/mol. The minimum Gasteiger partial charge on any atom is -0.489 e. The molecule has 2 aliphatic rings. The number of alkyl halides is 3. The molecular formula is C20H24B5F3N6O6. The van der Waals surface area contributed by atoms with Crippen LogP contribution in [0.5, 0.6) is 5.75 Å². The van der Waals surface area contributed by atoms with Gasteiger partial charge in [-0.05, 0) is 12.1 Å². The SMILES string of the molecule is BC1(B)N(C(=O)CCOCCOc2cn[nH]c(=O)c2C(F)(F)F)C2(O)BC2(B)N(c2ccc(C#N)cn2)C1(B)O. The van der Waals surface area contributed by atoms with Crippen molar-refractivity contribution < 1.29 is 37.7 Å². The van der Waals surface area contributed by atoms with Crippen molar-refractivity contribution in [2.24, 2.45) is 0 Å². The fourth-order valence-corrected chi connectivity index (χ4v) is 5.36. The van der Waals surface area contributed by atoms with Gasteiger partial charge >= 0.3 is 6.18 Å². The number of rotatable bonds is 8. The lowest BCUT2D eigenvalue weighted by Crippen LogP contribution is -2.84. The van der Waals surface area contributed by atoms with E-state index in [2.05, 4.69) is 10.1 Å². The van der Waals surface area contributed by atoms with Gasteiger partial charge in [0.25, 0.3) is 5.56 Å². The first-order valence-electron chi connectivity index (χ1n) is 12.3. The van der Waals surface area contributed by atoms with Crippen LogP contribution in [0.2, 0.25) is 0 Å². The zero-order chi connectivity index (χ0) is 29.7. The lowest BCUT2D eigenvalue weighted by atomic mass is 9.46. The van der Waals surface area contributed by atoms with E-state index in [9.17, 15) is 33.0 Å². The number of piperazine rings is 1. The molecule has 20 heteroatoms. The minimum atomic E-state index is -4.94. The fraction of sp³-hybridized carbons (Fsp3) is 0.450. The topological polar surface area (TPSA) is 165 Å². The Hall–Kier alpha value is -3.42. The van der Waals surface area contributed by atoms with E-state index in [0.717, 1.165) is 6.20 Å². The fourth-order valence-electron chi connectivity index (χ4n) is 5.36. The van der Waals surface area contributed by atoms with Gasteiger partial charge in [0.15, 0.2) is 19.2 Å². The molecule has 2 aromatic heterocycles. The zero-order valence-corrected chi connectivity index (χ0v) is 22.2. The molecule has 3 N–H and O–H groups in total. The Labute approximate surface area is 230 Å². The van der Waals surface area contributed by atoms with Crippen molar-refractivity contribution in [3.63, 3.8) is 0 Å². The quantitative estimate of drug-likeness (QED) is 0.212. The first-order valence-corrected chi connectivity index (χ1v) is 12.3. The lowest BCUT2D eigenvalue weighted by Gasteiger charge is -2.63. The monoisotopic (exact) mass is 556 g/mol. The Kier molecular flexibility index (Phi) is 7.31.